The molecule has 0 amide bonds. The Morgan fingerprint density at radius 3 is 2.56 bits per heavy atom. The first kappa shape index (κ1) is 24.2. The summed E-state index contributed by atoms with van der Waals surface area (Å²) < 4.78 is 7.11. The Hall–Kier alpha value is -3.52. The molecule has 2 aromatic heterocycles. The average Bonchev–Trinajstić information content (AvgIpc) is 3.37. The number of tetrazole rings is 1. The molecule has 1 saturated carbocycles. The largest absolute Gasteiger partial charge is 0.497 e. The van der Waals surface area contributed by atoms with E-state index >= 15 is 0 Å². The number of aryl methyl sites for hydroxylation is 1. The van der Waals surface area contributed by atoms with E-state index in [2.05, 4.69) is 51.5 Å². The summed E-state index contributed by atoms with van der Waals surface area (Å²) in [4.78, 5) is 18.9. The lowest BCUT2D eigenvalue weighted by molar-refractivity contribution is 0.149. The van der Waals surface area contributed by atoms with E-state index in [1.54, 1.807) is 7.11 Å². The van der Waals surface area contributed by atoms with Crippen molar-refractivity contribution in [3.63, 3.8) is 0 Å². The molecule has 1 fully saturated rings. The van der Waals surface area contributed by atoms with Gasteiger partial charge in [0.15, 0.2) is 5.82 Å². The quantitative estimate of drug-likeness (QED) is 0.395. The summed E-state index contributed by atoms with van der Waals surface area (Å²) in [5.74, 6) is 1.48. The van der Waals surface area contributed by atoms with E-state index in [9.17, 15) is 4.79 Å². The van der Waals surface area contributed by atoms with Crippen LogP contribution in [0.5, 0.6) is 5.75 Å². The maximum Gasteiger partial charge on any atom is 0.253 e. The molecule has 1 aliphatic carbocycles. The molecular weight excluding hydrogens is 452 g/mol. The number of nitrogens with one attached hydrogen (secondary N) is 1. The molecule has 36 heavy (non-hydrogen) atoms. The zero-order valence-corrected chi connectivity index (χ0v) is 21.3. The van der Waals surface area contributed by atoms with Crippen molar-refractivity contribution in [2.45, 2.75) is 64.1 Å². The second-order valence-electron chi connectivity index (χ2n) is 9.73. The van der Waals surface area contributed by atoms with Crippen LogP contribution < -0.4 is 10.3 Å². The van der Waals surface area contributed by atoms with E-state index in [4.69, 9.17) is 4.74 Å². The molecule has 4 aromatic rings. The van der Waals surface area contributed by atoms with Gasteiger partial charge in [-0.3, -0.25) is 9.69 Å². The van der Waals surface area contributed by atoms with Gasteiger partial charge in [-0.1, -0.05) is 44.4 Å². The maximum absolute atomic E-state index is 13.5. The molecule has 0 unspecified atom stereocenters. The van der Waals surface area contributed by atoms with E-state index in [1.165, 1.54) is 24.8 Å². The van der Waals surface area contributed by atoms with Gasteiger partial charge in [0.25, 0.3) is 5.56 Å². The van der Waals surface area contributed by atoms with Crippen molar-refractivity contribution in [2.24, 2.45) is 0 Å². The summed E-state index contributed by atoms with van der Waals surface area (Å²) in [5.41, 5.74) is 3.72. The van der Waals surface area contributed by atoms with E-state index in [1.807, 2.05) is 41.1 Å². The van der Waals surface area contributed by atoms with Crippen LogP contribution in [-0.4, -0.2) is 50.3 Å². The van der Waals surface area contributed by atoms with Gasteiger partial charge in [0.2, 0.25) is 0 Å². The maximum atomic E-state index is 13.5. The second kappa shape index (κ2) is 10.6. The van der Waals surface area contributed by atoms with Crippen molar-refractivity contribution in [3.05, 3.63) is 81.4 Å². The summed E-state index contributed by atoms with van der Waals surface area (Å²) in [6, 6.07) is 16.2. The zero-order chi connectivity index (χ0) is 25.1. The molecule has 0 bridgehead atoms. The van der Waals surface area contributed by atoms with E-state index in [0.29, 0.717) is 24.0 Å². The Morgan fingerprint density at radius 2 is 1.83 bits per heavy atom. The van der Waals surface area contributed by atoms with E-state index in [0.717, 1.165) is 41.5 Å². The van der Waals surface area contributed by atoms with E-state index < -0.39 is 0 Å². The molecule has 5 rings (SSSR count). The molecule has 8 nitrogen and oxygen atoms in total. The van der Waals surface area contributed by atoms with Crippen LogP contribution >= 0.6 is 0 Å². The van der Waals surface area contributed by atoms with Crippen molar-refractivity contribution in [2.75, 3.05) is 14.2 Å². The number of methoxy groups -OCH3 is 1. The van der Waals surface area contributed by atoms with Crippen LogP contribution in [0.1, 0.15) is 67.6 Å². The number of aromatic nitrogens is 5. The highest BCUT2D eigenvalue weighted by Crippen LogP contribution is 2.32. The van der Waals surface area contributed by atoms with Gasteiger partial charge >= 0.3 is 0 Å². The summed E-state index contributed by atoms with van der Waals surface area (Å²) in [6.45, 7) is 2.65. The number of H-pyrrole nitrogens is 1. The second-order valence-corrected chi connectivity index (χ2v) is 9.73. The molecule has 2 heterocycles. The Bertz CT molecular complexity index is 1370. The Balaban J connectivity index is 1.59. The number of nitrogens with zero attached hydrogens (tertiary/aromatic N) is 5. The number of rotatable bonds is 8. The Labute approximate surface area is 211 Å². The predicted molar refractivity (Wildman–Crippen MR) is 140 cm³/mol. The molecule has 0 aliphatic heterocycles. The van der Waals surface area contributed by atoms with Gasteiger partial charge in [-0.2, -0.15) is 0 Å². The first-order chi connectivity index (χ1) is 17.6. The lowest BCUT2D eigenvalue weighted by Gasteiger charge is -2.36. The third-order valence-electron chi connectivity index (χ3n) is 7.49. The summed E-state index contributed by atoms with van der Waals surface area (Å²) >= 11 is 0. The van der Waals surface area contributed by atoms with Crippen molar-refractivity contribution in [3.8, 4) is 5.75 Å². The Morgan fingerprint density at radius 1 is 1.08 bits per heavy atom. The highest BCUT2D eigenvalue weighted by molar-refractivity contribution is 5.80. The van der Waals surface area contributed by atoms with Crippen molar-refractivity contribution >= 4 is 10.9 Å². The molecule has 0 radical (unpaired) electrons. The number of aromatic amines is 1. The molecule has 188 valence electrons. The van der Waals surface area contributed by atoms with Gasteiger partial charge in [0, 0.05) is 17.1 Å². The number of pyridine rings is 1. The fourth-order valence-corrected chi connectivity index (χ4v) is 5.36. The van der Waals surface area contributed by atoms with Gasteiger partial charge in [-0.05, 0) is 83.6 Å². The van der Waals surface area contributed by atoms with Gasteiger partial charge in [-0.25, -0.2) is 4.68 Å². The average molecular weight is 487 g/mol. The first-order valence-electron chi connectivity index (χ1n) is 12.8. The van der Waals surface area contributed by atoms with Gasteiger partial charge < -0.3 is 9.72 Å². The molecular formula is C28H34N6O2. The molecule has 2 aromatic carbocycles. The summed E-state index contributed by atoms with van der Waals surface area (Å²) in [7, 11) is 3.77. The summed E-state index contributed by atoms with van der Waals surface area (Å²) in [5, 5.41) is 13.9. The molecule has 1 atom stereocenters. The molecule has 8 heteroatoms. The highest BCUT2D eigenvalue weighted by atomic mass is 16.5. The lowest BCUT2D eigenvalue weighted by atomic mass is 9.92. The molecule has 1 N–H and O–H groups in total. The fourth-order valence-electron chi connectivity index (χ4n) is 5.36. The normalized spacial score (nSPS) is 15.4. The SMILES string of the molecule is CCc1ccc2[nH]c(=O)c([C@@H](c3nnnn3Cc3ccc(OC)cc3)N(C)C3CCCCC3)cc2c1. The van der Waals surface area contributed by atoms with Gasteiger partial charge in [0.05, 0.1) is 13.7 Å². The lowest BCUT2D eigenvalue weighted by Crippen LogP contribution is -2.40. The number of ether oxygens (including phenoxy) is 1. The van der Waals surface area contributed by atoms with Crippen LogP contribution in [0.15, 0.2) is 53.3 Å². The monoisotopic (exact) mass is 486 g/mol. The van der Waals surface area contributed by atoms with E-state index in [-0.39, 0.29) is 11.6 Å². The van der Waals surface area contributed by atoms with Crippen molar-refractivity contribution in [1.29, 1.82) is 0 Å². The third kappa shape index (κ3) is 4.91. The fraction of sp³-hybridized carbons (Fsp3) is 0.429. The standard InChI is InChI=1S/C28H34N6O2/c1-4-19-12-15-25-21(16-19)17-24(28(35)29-25)26(33(2)22-8-6-5-7-9-22)27-30-31-32-34(27)18-20-10-13-23(36-3)14-11-20/h10-17,22,26H,4-9,18H2,1-3H3,(H,29,35)/t26-/m0/s1. The van der Waals surface area contributed by atoms with Crippen LogP contribution in [-0.2, 0) is 13.0 Å². The van der Waals surface area contributed by atoms with Crippen LogP contribution in [0.25, 0.3) is 10.9 Å². The zero-order valence-electron chi connectivity index (χ0n) is 21.3. The molecule has 0 saturated heterocycles. The third-order valence-corrected chi connectivity index (χ3v) is 7.49. The number of hydrogen-bond donors (Lipinski definition) is 1. The van der Waals surface area contributed by atoms with Gasteiger partial charge in [0.1, 0.15) is 11.8 Å². The molecule has 1 aliphatic rings. The molecule has 0 spiro atoms. The van der Waals surface area contributed by atoms with Crippen LogP contribution in [0.2, 0.25) is 0 Å². The number of hydrogen-bond acceptors (Lipinski definition) is 6. The van der Waals surface area contributed by atoms with Gasteiger partial charge in [-0.15, -0.1) is 5.10 Å². The first-order valence-corrected chi connectivity index (χ1v) is 12.8. The Kier molecular flexibility index (Phi) is 7.13. The minimum Gasteiger partial charge on any atom is -0.497 e. The minimum absolute atomic E-state index is 0.0987. The highest BCUT2D eigenvalue weighted by Gasteiger charge is 2.33. The van der Waals surface area contributed by atoms with Crippen molar-refractivity contribution in [1.82, 2.24) is 30.1 Å². The number of benzene rings is 2. The summed E-state index contributed by atoms with van der Waals surface area (Å²) in [6.07, 6.45) is 6.83. The topological polar surface area (TPSA) is 88.9 Å². The number of fused-ring (bicyclic) bond motifs is 1. The van der Waals surface area contributed by atoms with Crippen LogP contribution in [0, 0.1) is 0 Å². The van der Waals surface area contributed by atoms with Crippen molar-refractivity contribution < 1.29 is 4.74 Å². The smallest absolute Gasteiger partial charge is 0.253 e. The minimum atomic E-state index is -0.361. The predicted octanol–water partition coefficient (Wildman–Crippen LogP) is 4.49. The van der Waals surface area contributed by atoms with Crippen LogP contribution in [0.4, 0.5) is 0 Å². The van der Waals surface area contributed by atoms with Crippen LogP contribution in [0.3, 0.4) is 0 Å².